The van der Waals surface area contributed by atoms with E-state index in [-0.39, 0.29) is 35.4 Å². The third-order valence-electron chi connectivity index (χ3n) is 5.75. The maximum atomic E-state index is 15.4. The number of aliphatic hydroxyl groups is 1. The van der Waals surface area contributed by atoms with Gasteiger partial charge in [-0.05, 0) is 37.3 Å². The second-order valence-electron chi connectivity index (χ2n) is 8.30. The van der Waals surface area contributed by atoms with Crippen LogP contribution in [-0.2, 0) is 0 Å². The number of amides is 2. The molecule has 2 amide bonds. The average Bonchev–Trinajstić information content (AvgIpc) is 2.94. The van der Waals surface area contributed by atoms with Gasteiger partial charge < -0.3 is 15.7 Å². The molecule has 0 unspecified atom stereocenters. The van der Waals surface area contributed by atoms with Crippen LogP contribution in [0.15, 0.2) is 42.6 Å². The minimum absolute atomic E-state index is 0.0309. The summed E-state index contributed by atoms with van der Waals surface area (Å²) in [6.45, 7) is 2.59. The number of urea groups is 1. The minimum Gasteiger partial charge on any atom is -0.395 e. The van der Waals surface area contributed by atoms with Crippen molar-refractivity contribution < 1.29 is 18.7 Å². The van der Waals surface area contributed by atoms with E-state index in [1.807, 2.05) is 6.07 Å². The Morgan fingerprint density at radius 3 is 2.56 bits per heavy atom. The molecular formula is C25H23ClF2N6O2. The molecule has 1 aliphatic rings. The zero-order valence-corrected chi connectivity index (χ0v) is 20.3. The lowest BCUT2D eigenvalue weighted by molar-refractivity contribution is 0.253. The predicted molar refractivity (Wildman–Crippen MR) is 135 cm³/mol. The first-order valence-corrected chi connectivity index (χ1v) is 11.5. The highest BCUT2D eigenvalue weighted by Crippen LogP contribution is 2.45. The average molecular weight is 513 g/mol. The lowest BCUT2D eigenvalue weighted by Gasteiger charge is -2.27. The van der Waals surface area contributed by atoms with Crippen LogP contribution in [0.25, 0.3) is 11.1 Å². The second kappa shape index (κ2) is 10.5. The molecular weight excluding hydrogens is 490 g/mol. The van der Waals surface area contributed by atoms with Crippen LogP contribution in [0.4, 0.5) is 36.5 Å². The molecule has 0 spiro atoms. The van der Waals surface area contributed by atoms with Crippen molar-refractivity contribution in [1.82, 2.24) is 10.3 Å². The molecule has 1 aliphatic heterocycles. The largest absolute Gasteiger partial charge is 0.395 e. The van der Waals surface area contributed by atoms with Crippen molar-refractivity contribution in [2.24, 2.45) is 0 Å². The summed E-state index contributed by atoms with van der Waals surface area (Å²) in [7, 11) is 1.44. The standard InChI is InChI=1S/C25H23ClF2N6O2/c1-14(13-35)30-5-6-31-17-9-20(27)23(21(28)10-17)34-22-7-15(11-29)3-4-18(22)19-8-16(26)12-32-24(19)33(2)25(34)36/h3-4,7-10,12,14,30-31,35H,5-6,13H2,1-2H3/t14-/m0/s1. The van der Waals surface area contributed by atoms with E-state index in [0.717, 1.165) is 17.0 Å². The van der Waals surface area contributed by atoms with Crippen molar-refractivity contribution in [2.45, 2.75) is 13.0 Å². The van der Waals surface area contributed by atoms with Crippen LogP contribution in [0.5, 0.6) is 0 Å². The van der Waals surface area contributed by atoms with Crippen LogP contribution >= 0.6 is 11.6 Å². The molecule has 1 atom stereocenters. The van der Waals surface area contributed by atoms with E-state index < -0.39 is 23.4 Å². The number of aliphatic hydroxyl groups excluding tert-OH is 1. The van der Waals surface area contributed by atoms with Gasteiger partial charge in [-0.15, -0.1) is 0 Å². The van der Waals surface area contributed by atoms with Crippen molar-refractivity contribution in [3.8, 4) is 17.2 Å². The fourth-order valence-corrected chi connectivity index (χ4v) is 4.10. The van der Waals surface area contributed by atoms with Crippen LogP contribution in [0.1, 0.15) is 12.5 Å². The monoisotopic (exact) mass is 512 g/mol. The van der Waals surface area contributed by atoms with E-state index in [9.17, 15) is 10.1 Å². The van der Waals surface area contributed by atoms with Gasteiger partial charge in [-0.2, -0.15) is 5.26 Å². The third-order valence-corrected chi connectivity index (χ3v) is 5.96. The normalized spacial score (nSPS) is 13.5. The van der Waals surface area contributed by atoms with E-state index in [2.05, 4.69) is 15.6 Å². The molecule has 0 aliphatic carbocycles. The Hall–Kier alpha value is -3.78. The van der Waals surface area contributed by atoms with Gasteiger partial charge in [-0.25, -0.2) is 18.6 Å². The van der Waals surface area contributed by atoms with E-state index in [1.54, 1.807) is 25.1 Å². The molecule has 11 heteroatoms. The molecule has 0 saturated carbocycles. The number of benzene rings is 2. The predicted octanol–water partition coefficient (Wildman–Crippen LogP) is 4.64. The Bertz CT molecular complexity index is 1340. The zero-order valence-electron chi connectivity index (χ0n) is 19.5. The number of carbonyl (C=O) groups excluding carboxylic acids is 1. The first kappa shape index (κ1) is 25.3. The Morgan fingerprint density at radius 1 is 1.17 bits per heavy atom. The minimum atomic E-state index is -0.971. The van der Waals surface area contributed by atoms with Crippen molar-refractivity contribution in [3.63, 3.8) is 0 Å². The molecule has 2 aromatic carbocycles. The van der Waals surface area contributed by atoms with Gasteiger partial charge in [0.2, 0.25) is 0 Å². The molecule has 2 heterocycles. The van der Waals surface area contributed by atoms with Crippen molar-refractivity contribution >= 4 is 40.5 Å². The van der Waals surface area contributed by atoms with Crippen LogP contribution in [0.2, 0.25) is 5.02 Å². The van der Waals surface area contributed by atoms with E-state index in [1.165, 1.54) is 24.2 Å². The number of carbonyl (C=O) groups is 1. The van der Waals surface area contributed by atoms with E-state index >= 15 is 8.78 Å². The van der Waals surface area contributed by atoms with Crippen LogP contribution in [0.3, 0.4) is 0 Å². The fraction of sp³-hybridized carbons (Fsp3) is 0.240. The maximum Gasteiger partial charge on any atom is 0.334 e. The van der Waals surface area contributed by atoms with E-state index in [4.69, 9.17) is 16.7 Å². The molecule has 36 heavy (non-hydrogen) atoms. The van der Waals surface area contributed by atoms with Gasteiger partial charge in [0.25, 0.3) is 0 Å². The number of hydrogen-bond donors (Lipinski definition) is 3. The van der Waals surface area contributed by atoms with Crippen LogP contribution in [0, 0.1) is 23.0 Å². The summed E-state index contributed by atoms with van der Waals surface area (Å²) in [5, 5.41) is 24.8. The van der Waals surface area contributed by atoms with Gasteiger partial charge in [0.1, 0.15) is 11.5 Å². The molecule has 1 aromatic heterocycles. The van der Waals surface area contributed by atoms with Crippen LogP contribution in [-0.4, -0.2) is 48.9 Å². The number of hydrogen-bond acceptors (Lipinski definition) is 6. The number of anilines is 4. The van der Waals surface area contributed by atoms with Crippen molar-refractivity contribution in [3.05, 3.63) is 64.8 Å². The van der Waals surface area contributed by atoms with Gasteiger partial charge in [-0.3, -0.25) is 9.80 Å². The fourth-order valence-electron chi connectivity index (χ4n) is 3.94. The van der Waals surface area contributed by atoms with Crippen molar-refractivity contribution in [2.75, 3.05) is 41.9 Å². The Kier molecular flexibility index (Phi) is 7.35. The number of nitrogens with zero attached hydrogens (tertiary/aromatic N) is 4. The summed E-state index contributed by atoms with van der Waals surface area (Å²) in [5.74, 6) is -1.69. The topological polar surface area (TPSA) is 105 Å². The first-order chi connectivity index (χ1) is 17.2. The smallest absolute Gasteiger partial charge is 0.334 e. The number of rotatable bonds is 7. The SMILES string of the molecule is C[C@@H](CO)NCCNc1cc(F)c(N2C(=O)N(C)c3ncc(Cl)cc3-c3ccc(C#N)cc32)c(F)c1. The van der Waals surface area contributed by atoms with Gasteiger partial charge >= 0.3 is 6.03 Å². The molecule has 0 saturated heterocycles. The number of nitrogens with one attached hydrogen (secondary N) is 2. The third kappa shape index (κ3) is 4.81. The summed E-state index contributed by atoms with van der Waals surface area (Å²) >= 11 is 6.16. The highest BCUT2D eigenvalue weighted by Gasteiger charge is 2.35. The molecule has 186 valence electrons. The number of aromatic nitrogens is 1. The molecule has 0 fully saturated rings. The molecule has 0 bridgehead atoms. The summed E-state index contributed by atoms with van der Waals surface area (Å²) in [4.78, 5) is 19.9. The number of nitriles is 1. The van der Waals surface area contributed by atoms with Gasteiger partial charge in [-0.1, -0.05) is 17.7 Å². The number of pyridine rings is 1. The Balaban J connectivity index is 1.79. The lowest BCUT2D eigenvalue weighted by Crippen LogP contribution is -2.39. The maximum absolute atomic E-state index is 15.4. The Morgan fingerprint density at radius 2 is 1.89 bits per heavy atom. The van der Waals surface area contributed by atoms with Crippen LogP contribution < -0.4 is 20.4 Å². The number of fused-ring (bicyclic) bond motifs is 3. The molecule has 4 rings (SSSR count). The molecule has 0 radical (unpaired) electrons. The summed E-state index contributed by atoms with van der Waals surface area (Å²) in [6.07, 6.45) is 1.38. The summed E-state index contributed by atoms with van der Waals surface area (Å²) in [5.41, 5.74) is 0.835. The van der Waals surface area contributed by atoms with E-state index in [0.29, 0.717) is 29.2 Å². The first-order valence-electron chi connectivity index (χ1n) is 11.1. The highest BCUT2D eigenvalue weighted by molar-refractivity contribution is 6.31. The zero-order chi connectivity index (χ0) is 26.0. The van der Waals surface area contributed by atoms with Crippen molar-refractivity contribution in [1.29, 1.82) is 5.26 Å². The summed E-state index contributed by atoms with van der Waals surface area (Å²) < 4.78 is 30.9. The second-order valence-corrected chi connectivity index (χ2v) is 8.73. The van der Waals surface area contributed by atoms with Gasteiger partial charge in [0.05, 0.1) is 28.9 Å². The molecule has 3 aromatic rings. The van der Waals surface area contributed by atoms with Gasteiger partial charge in [0, 0.05) is 49.2 Å². The quantitative estimate of drug-likeness (QED) is 0.398. The van der Waals surface area contributed by atoms with Gasteiger partial charge in [0.15, 0.2) is 11.6 Å². The number of halogens is 3. The molecule has 3 N–H and O–H groups in total. The lowest BCUT2D eigenvalue weighted by atomic mass is 10.0. The summed E-state index contributed by atoms with van der Waals surface area (Å²) in [6, 6.07) is 9.46. The Labute approximate surface area is 211 Å². The molecule has 8 nitrogen and oxygen atoms in total. The highest BCUT2D eigenvalue weighted by atomic mass is 35.5.